The number of nitrogens with one attached hydrogen (secondary N) is 1. The molecule has 1 aromatic heterocycles. The van der Waals surface area contributed by atoms with Crippen LogP contribution in [0.4, 0.5) is 0 Å². The quantitative estimate of drug-likeness (QED) is 0.833. The minimum atomic E-state index is 0.533. The molecule has 1 rings (SSSR count). The fourth-order valence-electron chi connectivity index (χ4n) is 1.44. The van der Waals surface area contributed by atoms with Crippen LogP contribution in [-0.4, -0.2) is 11.0 Å². The first kappa shape index (κ1) is 12.7. The second-order valence-electron chi connectivity index (χ2n) is 4.46. The van der Waals surface area contributed by atoms with Crippen LogP contribution in [0.1, 0.15) is 56.1 Å². The number of hydrogen-bond acceptors (Lipinski definition) is 3. The lowest BCUT2D eigenvalue weighted by Gasteiger charge is -2.09. The van der Waals surface area contributed by atoms with Crippen molar-refractivity contribution in [2.45, 2.75) is 59.5 Å². The molecule has 86 valence electrons. The minimum absolute atomic E-state index is 0.533. The number of aryl methyl sites for hydroxylation is 1. The SMILES string of the molecule is CCc1nc(C(C)C)c(CNC(C)C)s1. The molecule has 0 aliphatic carbocycles. The van der Waals surface area contributed by atoms with Gasteiger partial charge in [-0.2, -0.15) is 0 Å². The maximum absolute atomic E-state index is 4.68. The average molecular weight is 226 g/mol. The summed E-state index contributed by atoms with van der Waals surface area (Å²) in [6, 6.07) is 0.539. The zero-order valence-corrected chi connectivity index (χ0v) is 11.2. The molecule has 15 heavy (non-hydrogen) atoms. The second kappa shape index (κ2) is 5.61. The Morgan fingerprint density at radius 2 is 1.93 bits per heavy atom. The maximum atomic E-state index is 4.68. The summed E-state index contributed by atoms with van der Waals surface area (Å²) in [4.78, 5) is 6.10. The molecule has 0 saturated heterocycles. The fraction of sp³-hybridized carbons (Fsp3) is 0.750. The molecule has 0 fully saturated rings. The van der Waals surface area contributed by atoms with E-state index in [4.69, 9.17) is 0 Å². The smallest absolute Gasteiger partial charge is 0.0929 e. The first-order valence-corrected chi connectivity index (χ1v) is 6.58. The topological polar surface area (TPSA) is 24.9 Å². The standard InChI is InChI=1S/C12H22N2S/c1-6-11-14-12(8(2)3)10(15-11)7-13-9(4)5/h8-9,13H,6-7H2,1-5H3. The van der Waals surface area contributed by atoms with E-state index in [1.165, 1.54) is 15.6 Å². The molecule has 1 N–H and O–H groups in total. The Labute approximate surface area is 97.1 Å². The van der Waals surface area contributed by atoms with Crippen LogP contribution in [0, 0.1) is 0 Å². The lowest BCUT2D eigenvalue weighted by molar-refractivity contribution is 0.588. The molecule has 0 radical (unpaired) electrons. The minimum Gasteiger partial charge on any atom is -0.310 e. The van der Waals surface area contributed by atoms with Crippen LogP contribution in [0.15, 0.2) is 0 Å². The van der Waals surface area contributed by atoms with Gasteiger partial charge in [0.05, 0.1) is 10.7 Å². The van der Waals surface area contributed by atoms with Crippen molar-refractivity contribution in [1.82, 2.24) is 10.3 Å². The first-order chi connectivity index (χ1) is 7.04. The summed E-state index contributed by atoms with van der Waals surface area (Å²) in [6.45, 7) is 11.9. The molecule has 0 aromatic carbocycles. The van der Waals surface area contributed by atoms with Crippen molar-refractivity contribution in [2.24, 2.45) is 0 Å². The predicted octanol–water partition coefficient (Wildman–Crippen LogP) is 3.33. The van der Waals surface area contributed by atoms with E-state index in [0.29, 0.717) is 12.0 Å². The maximum Gasteiger partial charge on any atom is 0.0929 e. The van der Waals surface area contributed by atoms with Gasteiger partial charge in [-0.25, -0.2) is 4.98 Å². The van der Waals surface area contributed by atoms with Gasteiger partial charge in [-0.1, -0.05) is 34.6 Å². The molecular weight excluding hydrogens is 204 g/mol. The first-order valence-electron chi connectivity index (χ1n) is 5.76. The Morgan fingerprint density at radius 3 is 2.40 bits per heavy atom. The molecule has 0 spiro atoms. The fourth-order valence-corrected chi connectivity index (χ4v) is 2.55. The van der Waals surface area contributed by atoms with Crippen molar-refractivity contribution in [3.8, 4) is 0 Å². The lowest BCUT2D eigenvalue weighted by atomic mass is 10.1. The Morgan fingerprint density at radius 1 is 1.27 bits per heavy atom. The monoisotopic (exact) mass is 226 g/mol. The van der Waals surface area contributed by atoms with E-state index in [-0.39, 0.29) is 0 Å². The van der Waals surface area contributed by atoms with Gasteiger partial charge >= 0.3 is 0 Å². The van der Waals surface area contributed by atoms with Gasteiger partial charge in [-0.05, 0) is 12.3 Å². The van der Waals surface area contributed by atoms with Gasteiger partial charge in [0.25, 0.3) is 0 Å². The van der Waals surface area contributed by atoms with Crippen molar-refractivity contribution >= 4 is 11.3 Å². The van der Waals surface area contributed by atoms with Gasteiger partial charge in [-0.15, -0.1) is 11.3 Å². The highest BCUT2D eigenvalue weighted by atomic mass is 32.1. The molecule has 0 unspecified atom stereocenters. The molecule has 3 heteroatoms. The lowest BCUT2D eigenvalue weighted by Crippen LogP contribution is -2.22. The van der Waals surface area contributed by atoms with Crippen LogP contribution >= 0.6 is 11.3 Å². The largest absolute Gasteiger partial charge is 0.310 e. The second-order valence-corrected chi connectivity index (χ2v) is 5.63. The molecule has 0 aliphatic heterocycles. The highest BCUT2D eigenvalue weighted by Gasteiger charge is 2.13. The highest BCUT2D eigenvalue weighted by molar-refractivity contribution is 7.11. The van der Waals surface area contributed by atoms with E-state index >= 15 is 0 Å². The van der Waals surface area contributed by atoms with Crippen molar-refractivity contribution in [3.63, 3.8) is 0 Å². The van der Waals surface area contributed by atoms with E-state index < -0.39 is 0 Å². The Balaban J connectivity index is 2.79. The van der Waals surface area contributed by atoms with Crippen LogP contribution in [0.2, 0.25) is 0 Å². The Kier molecular flexibility index (Phi) is 4.74. The predicted molar refractivity (Wildman–Crippen MR) is 67.6 cm³/mol. The number of hydrogen-bond donors (Lipinski definition) is 1. The number of nitrogens with zero attached hydrogens (tertiary/aromatic N) is 1. The third kappa shape index (κ3) is 3.58. The van der Waals surface area contributed by atoms with Crippen molar-refractivity contribution in [1.29, 1.82) is 0 Å². The molecule has 0 amide bonds. The molecule has 2 nitrogen and oxygen atoms in total. The van der Waals surface area contributed by atoms with Gasteiger partial charge in [0.2, 0.25) is 0 Å². The molecule has 0 aliphatic rings. The zero-order chi connectivity index (χ0) is 11.4. The van der Waals surface area contributed by atoms with Gasteiger partial charge < -0.3 is 5.32 Å². The van der Waals surface area contributed by atoms with Crippen LogP contribution in [0.5, 0.6) is 0 Å². The van der Waals surface area contributed by atoms with Crippen LogP contribution in [0.3, 0.4) is 0 Å². The average Bonchev–Trinajstić information content (AvgIpc) is 2.57. The van der Waals surface area contributed by atoms with Gasteiger partial charge in [0.15, 0.2) is 0 Å². The number of rotatable bonds is 5. The number of aromatic nitrogens is 1. The molecule has 0 atom stereocenters. The third-order valence-corrected chi connectivity index (χ3v) is 3.51. The summed E-state index contributed by atoms with van der Waals surface area (Å²) in [6.07, 6.45) is 1.05. The van der Waals surface area contributed by atoms with E-state index in [1.807, 2.05) is 11.3 Å². The molecule has 1 aromatic rings. The van der Waals surface area contributed by atoms with Crippen LogP contribution in [0.25, 0.3) is 0 Å². The summed E-state index contributed by atoms with van der Waals surface area (Å²) in [5.41, 5.74) is 1.28. The molecule has 0 bridgehead atoms. The normalized spacial score (nSPS) is 11.7. The summed E-state index contributed by atoms with van der Waals surface area (Å²) >= 11 is 1.86. The van der Waals surface area contributed by atoms with Crippen LogP contribution in [-0.2, 0) is 13.0 Å². The van der Waals surface area contributed by atoms with Gasteiger partial charge in [-0.3, -0.25) is 0 Å². The van der Waals surface area contributed by atoms with E-state index in [1.54, 1.807) is 0 Å². The van der Waals surface area contributed by atoms with Crippen molar-refractivity contribution in [3.05, 3.63) is 15.6 Å². The van der Waals surface area contributed by atoms with E-state index in [9.17, 15) is 0 Å². The molecule has 0 saturated carbocycles. The van der Waals surface area contributed by atoms with E-state index in [2.05, 4.69) is 44.9 Å². The van der Waals surface area contributed by atoms with Gasteiger partial charge in [0, 0.05) is 17.5 Å². The summed E-state index contributed by atoms with van der Waals surface area (Å²) in [7, 11) is 0. The summed E-state index contributed by atoms with van der Waals surface area (Å²) < 4.78 is 0. The zero-order valence-electron chi connectivity index (χ0n) is 10.4. The van der Waals surface area contributed by atoms with Crippen molar-refractivity contribution < 1.29 is 0 Å². The van der Waals surface area contributed by atoms with E-state index in [0.717, 1.165) is 13.0 Å². The highest BCUT2D eigenvalue weighted by Crippen LogP contribution is 2.25. The van der Waals surface area contributed by atoms with Crippen LogP contribution < -0.4 is 5.32 Å². The molecule has 1 heterocycles. The summed E-state index contributed by atoms with van der Waals surface area (Å²) in [5, 5.41) is 4.73. The Hall–Kier alpha value is -0.410. The molecular formula is C12H22N2S. The van der Waals surface area contributed by atoms with Gasteiger partial charge in [0.1, 0.15) is 0 Å². The summed E-state index contributed by atoms with van der Waals surface area (Å²) in [5.74, 6) is 0.533. The van der Waals surface area contributed by atoms with Crippen molar-refractivity contribution in [2.75, 3.05) is 0 Å². The number of thiazole rings is 1. The third-order valence-electron chi connectivity index (χ3n) is 2.29. The Bertz CT molecular complexity index is 303.